The van der Waals surface area contributed by atoms with E-state index < -0.39 is 12.4 Å². The van der Waals surface area contributed by atoms with Crippen molar-refractivity contribution in [3.8, 4) is 5.75 Å². The van der Waals surface area contributed by atoms with Gasteiger partial charge in [-0.25, -0.2) is 0 Å². The van der Waals surface area contributed by atoms with Crippen LogP contribution in [-0.4, -0.2) is 12.0 Å². The Morgan fingerprint density at radius 3 is 2.50 bits per heavy atom. The summed E-state index contributed by atoms with van der Waals surface area (Å²) < 4.78 is 42.9. The largest absolute Gasteiger partial charge is 1.00 e. The van der Waals surface area contributed by atoms with Crippen molar-refractivity contribution in [2.24, 2.45) is 0 Å². The summed E-state index contributed by atoms with van der Waals surface area (Å²) in [5.74, 6) is 0.0663. The zero-order valence-corrected chi connectivity index (χ0v) is 14.6. The van der Waals surface area contributed by atoms with Crippen LogP contribution in [-0.2, 0) is 6.61 Å². The molecule has 0 unspecified atom stereocenters. The molecule has 1 aromatic heterocycles. The van der Waals surface area contributed by atoms with E-state index in [1.807, 2.05) is 0 Å². The Balaban J connectivity index is 0.00000200. The van der Waals surface area contributed by atoms with E-state index in [0.29, 0.717) is 10.6 Å². The molecular weight excluding hydrogens is 316 g/mol. The molecule has 1 aromatic carbocycles. The van der Waals surface area contributed by atoms with Crippen molar-refractivity contribution in [2.45, 2.75) is 6.61 Å². The second kappa shape index (κ2) is 7.82. The van der Waals surface area contributed by atoms with Gasteiger partial charge in [-0.3, -0.25) is 4.98 Å². The summed E-state index contributed by atoms with van der Waals surface area (Å²) in [7, 11) is 0. The van der Waals surface area contributed by atoms with Gasteiger partial charge in [0.25, 0.3) is 0 Å². The van der Waals surface area contributed by atoms with Crippen molar-refractivity contribution >= 4 is 24.0 Å². The summed E-state index contributed by atoms with van der Waals surface area (Å²) in [5, 5.41) is 0.506. The zero-order chi connectivity index (χ0) is 13.9. The van der Waals surface area contributed by atoms with Crippen molar-refractivity contribution in [2.75, 3.05) is 0 Å². The number of aromatic nitrogens is 1. The molecule has 0 aliphatic rings. The van der Waals surface area contributed by atoms with Crippen LogP contribution in [0.3, 0.4) is 0 Å². The quantitative estimate of drug-likeness (QED) is 0.758. The molecule has 100 valence electrons. The molecule has 0 radical (unpaired) electrons. The number of ether oxygens (including phenoxy) is 1. The summed E-state index contributed by atoms with van der Waals surface area (Å²) in [6.45, 7) is -4.98. The molecule has 0 spiro atoms. The second-order valence-electron chi connectivity index (χ2n) is 3.91. The standard InChI is InChI=1S/C12H9BClF3NO.K/c14-12-4-2-1-3-9(12)8-19-11-5-10(6-18-7-11)13(15,16)17;/h1-7H,8H2;/q-1;+1. The Kier molecular flexibility index (Phi) is 7.04. The summed E-state index contributed by atoms with van der Waals surface area (Å²) in [6, 6.07) is 7.91. The molecule has 8 heteroatoms. The average Bonchev–Trinajstić information content (AvgIpc) is 2.37. The van der Waals surface area contributed by atoms with Gasteiger partial charge in [0.05, 0.1) is 6.20 Å². The van der Waals surface area contributed by atoms with Gasteiger partial charge in [-0.1, -0.05) is 35.3 Å². The molecule has 1 heterocycles. The van der Waals surface area contributed by atoms with E-state index in [9.17, 15) is 12.9 Å². The molecule has 2 rings (SSSR count). The van der Waals surface area contributed by atoms with Crippen LogP contribution in [0.5, 0.6) is 5.75 Å². The third-order valence-corrected chi connectivity index (χ3v) is 2.83. The van der Waals surface area contributed by atoms with Crippen LogP contribution in [0, 0.1) is 0 Å². The SMILES string of the molecule is F[B-](F)(F)c1cncc(OCc2ccccc2Cl)c1.[K+]. The Morgan fingerprint density at radius 2 is 1.85 bits per heavy atom. The van der Waals surface area contributed by atoms with Crippen LogP contribution < -0.4 is 61.6 Å². The molecule has 0 fully saturated rings. The zero-order valence-electron chi connectivity index (χ0n) is 10.7. The van der Waals surface area contributed by atoms with E-state index in [2.05, 4.69) is 4.98 Å². The monoisotopic (exact) mass is 325 g/mol. The average molecular weight is 326 g/mol. The number of benzene rings is 1. The smallest absolute Gasteiger partial charge is 0.487 e. The van der Waals surface area contributed by atoms with Gasteiger partial charge in [0.2, 0.25) is 0 Å². The molecule has 0 aliphatic carbocycles. The summed E-state index contributed by atoms with van der Waals surface area (Å²) >= 11 is 5.92. The summed E-state index contributed by atoms with van der Waals surface area (Å²) in [5.41, 5.74) is -0.0799. The van der Waals surface area contributed by atoms with Gasteiger partial charge in [-0.2, -0.15) is 0 Å². The Hall–Kier alpha value is -0.0487. The van der Waals surface area contributed by atoms with E-state index in [4.69, 9.17) is 16.3 Å². The molecule has 0 amide bonds. The predicted molar refractivity (Wildman–Crippen MR) is 68.7 cm³/mol. The number of halogens is 4. The maximum atomic E-state index is 12.5. The van der Waals surface area contributed by atoms with E-state index in [1.54, 1.807) is 24.3 Å². The van der Waals surface area contributed by atoms with Crippen LogP contribution in [0.4, 0.5) is 12.9 Å². The molecule has 0 aliphatic heterocycles. The topological polar surface area (TPSA) is 22.1 Å². The molecule has 0 N–H and O–H groups in total. The normalized spacial score (nSPS) is 10.8. The molecule has 2 nitrogen and oxygen atoms in total. The van der Waals surface area contributed by atoms with Crippen molar-refractivity contribution < 1.29 is 69.1 Å². The first-order chi connectivity index (χ1) is 8.97. The van der Waals surface area contributed by atoms with Crippen LogP contribution in [0.15, 0.2) is 42.7 Å². The van der Waals surface area contributed by atoms with Gasteiger partial charge in [-0.05, 0) is 12.1 Å². The fraction of sp³-hybridized carbons (Fsp3) is 0.0833. The first-order valence-electron chi connectivity index (χ1n) is 5.48. The number of nitrogens with zero attached hydrogens (tertiary/aromatic N) is 1. The number of hydrogen-bond acceptors (Lipinski definition) is 2. The fourth-order valence-electron chi connectivity index (χ4n) is 1.47. The molecule has 0 atom stereocenters. The summed E-state index contributed by atoms with van der Waals surface area (Å²) in [4.78, 5) is 3.52. The second-order valence-corrected chi connectivity index (χ2v) is 4.32. The number of pyridine rings is 1. The molecular formula is C12H9BClF3KNO. The number of hydrogen-bond donors (Lipinski definition) is 0. The third kappa shape index (κ3) is 5.05. The molecule has 0 bridgehead atoms. The van der Waals surface area contributed by atoms with Gasteiger partial charge in [-0.15, -0.1) is 0 Å². The Morgan fingerprint density at radius 1 is 1.15 bits per heavy atom. The van der Waals surface area contributed by atoms with Crippen molar-refractivity contribution in [1.29, 1.82) is 0 Å². The minimum Gasteiger partial charge on any atom is -0.487 e. The maximum Gasteiger partial charge on any atom is 1.00 e. The Labute approximate surface area is 162 Å². The third-order valence-electron chi connectivity index (χ3n) is 2.46. The van der Waals surface area contributed by atoms with E-state index in [0.717, 1.165) is 12.3 Å². The minimum absolute atomic E-state index is 0. The Bertz CT molecular complexity index is 583. The van der Waals surface area contributed by atoms with Crippen molar-refractivity contribution in [1.82, 2.24) is 4.98 Å². The number of rotatable bonds is 4. The van der Waals surface area contributed by atoms with E-state index in [1.165, 1.54) is 6.20 Å². The van der Waals surface area contributed by atoms with Gasteiger partial charge in [0.15, 0.2) is 0 Å². The van der Waals surface area contributed by atoms with Crippen LogP contribution in [0.25, 0.3) is 0 Å². The molecule has 2 aromatic rings. The first kappa shape index (κ1) is 18.0. The van der Waals surface area contributed by atoms with Crippen molar-refractivity contribution in [3.05, 3.63) is 53.3 Å². The van der Waals surface area contributed by atoms with Crippen LogP contribution >= 0.6 is 11.6 Å². The van der Waals surface area contributed by atoms with Gasteiger partial charge in [0, 0.05) is 16.8 Å². The van der Waals surface area contributed by atoms with Crippen LogP contribution in [0.2, 0.25) is 5.02 Å². The van der Waals surface area contributed by atoms with Crippen molar-refractivity contribution in [3.63, 3.8) is 0 Å². The van der Waals surface area contributed by atoms with Gasteiger partial charge in [0.1, 0.15) is 12.4 Å². The fourth-order valence-corrected chi connectivity index (χ4v) is 1.66. The summed E-state index contributed by atoms with van der Waals surface area (Å²) in [6.07, 6.45) is 2.02. The molecule has 0 saturated carbocycles. The van der Waals surface area contributed by atoms with E-state index in [-0.39, 0.29) is 63.7 Å². The van der Waals surface area contributed by atoms with Gasteiger partial charge < -0.3 is 17.7 Å². The van der Waals surface area contributed by atoms with E-state index >= 15 is 0 Å². The molecule has 20 heavy (non-hydrogen) atoms. The minimum atomic E-state index is -5.07. The van der Waals surface area contributed by atoms with Gasteiger partial charge >= 0.3 is 58.4 Å². The molecule has 0 saturated heterocycles. The predicted octanol–water partition coefficient (Wildman–Crippen LogP) is 0.372. The van der Waals surface area contributed by atoms with Crippen LogP contribution in [0.1, 0.15) is 5.56 Å². The maximum absolute atomic E-state index is 12.5. The first-order valence-corrected chi connectivity index (χ1v) is 5.86.